The minimum Gasteiger partial charge on any atom is -0.215 e. The Morgan fingerprint density at radius 1 is 0.655 bits per heavy atom. The molecule has 178 valence electrons. The lowest BCUT2D eigenvalue weighted by atomic mass is 10.1. The van der Waals surface area contributed by atoms with Crippen LogP contribution >= 0.6 is 10.3 Å². The van der Waals surface area contributed by atoms with Crippen molar-refractivity contribution in [3.63, 3.8) is 0 Å². The predicted molar refractivity (Wildman–Crippen MR) is 93.2 cm³/mol. The van der Waals surface area contributed by atoms with Crippen molar-refractivity contribution in [1.29, 1.82) is 0 Å². The smallest absolute Gasteiger partial charge is 0.215 e. The van der Waals surface area contributed by atoms with Gasteiger partial charge in [-0.2, -0.15) is 47.9 Å². The molecule has 0 rings (SSSR count). The maximum atomic E-state index is 14.0. The fraction of sp³-hybridized carbons (Fsp3) is 1.00. The molecule has 0 heterocycles. The number of hydrogen-bond acceptors (Lipinski definition) is 3. The van der Waals surface area contributed by atoms with Gasteiger partial charge in [-0.05, 0) is 19.3 Å². The molecule has 0 aromatic carbocycles. The molecule has 0 aromatic heterocycles. The standard InChI is InChI=1S/C15H25F9O3S2/c1-4-7-8-11-28(9-5-2,10-6-3)27-29(25,26)15(23,24)13(18,19)12(16,17)14(20,21)22/h4-11H2,1-3H3. The summed E-state index contributed by atoms with van der Waals surface area (Å²) in [5.41, 5.74) is 0. The van der Waals surface area contributed by atoms with Crippen LogP contribution in [0.3, 0.4) is 0 Å². The zero-order chi connectivity index (χ0) is 23.4. The van der Waals surface area contributed by atoms with E-state index in [1.165, 1.54) is 13.8 Å². The van der Waals surface area contributed by atoms with Crippen molar-refractivity contribution in [2.75, 3.05) is 17.3 Å². The molecule has 3 nitrogen and oxygen atoms in total. The Labute approximate surface area is 166 Å². The highest BCUT2D eigenvalue weighted by molar-refractivity contribution is 8.33. The molecule has 0 aliphatic heterocycles. The van der Waals surface area contributed by atoms with E-state index >= 15 is 0 Å². The third-order valence-corrected chi connectivity index (χ3v) is 10.0. The van der Waals surface area contributed by atoms with Crippen LogP contribution < -0.4 is 0 Å². The molecular formula is C15H25F9O3S2. The Hall–Kier alpha value is -0.370. The number of unbranched alkanes of at least 4 members (excludes halogenated alkanes) is 2. The normalized spacial score (nSPS) is 15.6. The van der Waals surface area contributed by atoms with Crippen molar-refractivity contribution in [1.82, 2.24) is 0 Å². The van der Waals surface area contributed by atoms with E-state index in [4.69, 9.17) is 0 Å². The zero-order valence-electron chi connectivity index (χ0n) is 16.1. The predicted octanol–water partition coefficient (Wildman–Crippen LogP) is 6.49. The molecule has 0 amide bonds. The van der Waals surface area contributed by atoms with Crippen molar-refractivity contribution in [3.05, 3.63) is 0 Å². The van der Waals surface area contributed by atoms with Gasteiger partial charge in [-0.25, -0.2) is 3.63 Å². The maximum absolute atomic E-state index is 14.0. The van der Waals surface area contributed by atoms with E-state index in [1.54, 1.807) is 6.92 Å². The summed E-state index contributed by atoms with van der Waals surface area (Å²) in [6, 6.07) is 0. The second-order valence-electron chi connectivity index (χ2n) is 6.47. The van der Waals surface area contributed by atoms with Gasteiger partial charge in [0.2, 0.25) is 0 Å². The van der Waals surface area contributed by atoms with Crippen molar-refractivity contribution in [2.45, 2.75) is 76.2 Å². The molecule has 0 radical (unpaired) electrons. The highest BCUT2D eigenvalue weighted by Crippen LogP contribution is 2.59. The summed E-state index contributed by atoms with van der Waals surface area (Å²) in [4.78, 5) is 0. The van der Waals surface area contributed by atoms with E-state index in [-0.39, 0.29) is 30.1 Å². The first kappa shape index (κ1) is 28.6. The van der Waals surface area contributed by atoms with Crippen LogP contribution in [0.25, 0.3) is 0 Å². The highest BCUT2D eigenvalue weighted by Gasteiger charge is 2.86. The molecule has 0 saturated carbocycles. The molecule has 0 spiro atoms. The Balaban J connectivity index is 6.19. The molecule has 0 unspecified atom stereocenters. The van der Waals surface area contributed by atoms with Gasteiger partial charge in [-0.1, -0.05) is 33.6 Å². The zero-order valence-corrected chi connectivity index (χ0v) is 17.7. The van der Waals surface area contributed by atoms with Gasteiger partial charge in [0.05, 0.1) is 0 Å². The molecule has 0 fully saturated rings. The summed E-state index contributed by atoms with van der Waals surface area (Å²) in [7, 11) is -9.80. The number of rotatable bonds is 13. The van der Waals surface area contributed by atoms with Gasteiger partial charge in [0.15, 0.2) is 0 Å². The lowest BCUT2D eigenvalue weighted by Crippen LogP contribution is -2.63. The Kier molecular flexibility index (Phi) is 9.71. The van der Waals surface area contributed by atoms with Gasteiger partial charge >= 0.3 is 33.4 Å². The molecule has 0 bridgehead atoms. The van der Waals surface area contributed by atoms with Gasteiger partial charge in [-0.15, -0.1) is 10.3 Å². The lowest BCUT2D eigenvalue weighted by molar-refractivity contribution is -0.382. The van der Waals surface area contributed by atoms with Gasteiger partial charge < -0.3 is 0 Å². The van der Waals surface area contributed by atoms with E-state index in [9.17, 15) is 47.9 Å². The van der Waals surface area contributed by atoms with Crippen LogP contribution in [-0.2, 0) is 13.7 Å². The van der Waals surface area contributed by atoms with Crippen molar-refractivity contribution in [2.24, 2.45) is 0 Å². The molecule has 0 aliphatic rings. The highest BCUT2D eigenvalue weighted by atomic mass is 32.3. The third kappa shape index (κ3) is 5.86. The van der Waals surface area contributed by atoms with Crippen molar-refractivity contribution < 1.29 is 51.6 Å². The molecule has 0 atom stereocenters. The lowest BCUT2D eigenvalue weighted by Gasteiger charge is -2.40. The summed E-state index contributed by atoms with van der Waals surface area (Å²) < 4.78 is 146. The Bertz CT molecular complexity index is 613. The van der Waals surface area contributed by atoms with Crippen LogP contribution in [0.4, 0.5) is 39.5 Å². The van der Waals surface area contributed by atoms with E-state index in [0.29, 0.717) is 19.3 Å². The van der Waals surface area contributed by atoms with Gasteiger partial charge in [0.1, 0.15) is 0 Å². The molecule has 0 aromatic rings. The number of hydrogen-bond donors (Lipinski definition) is 0. The molecule has 0 aliphatic carbocycles. The van der Waals surface area contributed by atoms with Crippen molar-refractivity contribution in [3.8, 4) is 0 Å². The van der Waals surface area contributed by atoms with Crippen LogP contribution in [0.15, 0.2) is 0 Å². The average molecular weight is 488 g/mol. The van der Waals surface area contributed by atoms with Crippen LogP contribution in [-0.4, -0.2) is 49.0 Å². The largest absolute Gasteiger partial charge is 0.460 e. The first-order valence-corrected chi connectivity index (χ1v) is 12.3. The fourth-order valence-electron chi connectivity index (χ4n) is 2.52. The monoisotopic (exact) mass is 488 g/mol. The SMILES string of the molecule is CCCCCS(CCC)(CCC)OS(=O)(=O)C(F)(F)C(F)(F)C(F)(F)C(F)(F)F. The van der Waals surface area contributed by atoms with Crippen LogP contribution in [0, 0.1) is 0 Å². The molecule has 14 heteroatoms. The summed E-state index contributed by atoms with van der Waals surface area (Å²) >= 11 is 0. The van der Waals surface area contributed by atoms with Crippen molar-refractivity contribution >= 4 is 20.4 Å². The second-order valence-corrected chi connectivity index (χ2v) is 11.6. The Morgan fingerprint density at radius 2 is 1.10 bits per heavy atom. The summed E-state index contributed by atoms with van der Waals surface area (Å²) in [5.74, 6) is -14.9. The summed E-state index contributed by atoms with van der Waals surface area (Å²) in [6.07, 6.45) is -5.22. The maximum Gasteiger partial charge on any atom is 0.460 e. The molecule has 0 saturated heterocycles. The summed E-state index contributed by atoms with van der Waals surface area (Å²) in [6.45, 7) is 4.86. The average Bonchev–Trinajstić information content (AvgIpc) is 2.53. The Morgan fingerprint density at radius 3 is 1.45 bits per heavy atom. The van der Waals surface area contributed by atoms with Crippen LogP contribution in [0.1, 0.15) is 52.9 Å². The fourth-order valence-corrected chi connectivity index (χ4v) is 8.47. The van der Waals surface area contributed by atoms with Crippen LogP contribution in [0.2, 0.25) is 0 Å². The molecule has 0 N–H and O–H groups in total. The number of alkyl halides is 9. The summed E-state index contributed by atoms with van der Waals surface area (Å²) in [5, 5.41) is -6.80. The quantitative estimate of drug-likeness (QED) is 0.220. The minimum absolute atomic E-state index is 0.0843. The van der Waals surface area contributed by atoms with Gasteiger partial charge in [0, 0.05) is 17.3 Å². The third-order valence-electron chi connectivity index (χ3n) is 3.94. The van der Waals surface area contributed by atoms with E-state index in [1.807, 2.05) is 0 Å². The van der Waals surface area contributed by atoms with E-state index < -0.39 is 43.7 Å². The van der Waals surface area contributed by atoms with Gasteiger partial charge in [0.25, 0.3) is 0 Å². The minimum atomic E-state index is -7.30. The van der Waals surface area contributed by atoms with E-state index in [0.717, 1.165) is 0 Å². The van der Waals surface area contributed by atoms with E-state index in [2.05, 4.69) is 3.63 Å². The first-order valence-electron chi connectivity index (χ1n) is 8.81. The topological polar surface area (TPSA) is 43.4 Å². The number of halogens is 9. The second kappa shape index (κ2) is 9.84. The van der Waals surface area contributed by atoms with Gasteiger partial charge in [-0.3, -0.25) is 0 Å². The molecule has 29 heavy (non-hydrogen) atoms. The molecular weight excluding hydrogens is 463 g/mol. The van der Waals surface area contributed by atoms with Crippen LogP contribution in [0.5, 0.6) is 0 Å². The first-order chi connectivity index (χ1) is 12.9.